The number of likely N-dealkylation sites (N-methyl/N-ethyl adjacent to an activating group) is 1. The van der Waals surface area contributed by atoms with E-state index in [1.54, 1.807) is 4.90 Å². The molecule has 0 saturated carbocycles. The first-order chi connectivity index (χ1) is 11.6. The van der Waals surface area contributed by atoms with Crippen molar-refractivity contribution in [3.8, 4) is 0 Å². The van der Waals surface area contributed by atoms with E-state index in [0.717, 1.165) is 23.2 Å². The van der Waals surface area contributed by atoms with Gasteiger partial charge in [0.05, 0.1) is 6.04 Å². The van der Waals surface area contributed by atoms with Crippen molar-refractivity contribution in [3.63, 3.8) is 0 Å². The average molecular weight is 318 g/mol. The zero-order chi connectivity index (χ0) is 16.5. The van der Waals surface area contributed by atoms with Crippen LogP contribution in [-0.4, -0.2) is 30.3 Å². The third-order valence-corrected chi connectivity index (χ3v) is 5.93. The lowest BCUT2D eigenvalue weighted by Gasteiger charge is -2.38. The second-order valence-electron chi connectivity index (χ2n) is 6.97. The zero-order valence-electron chi connectivity index (χ0n) is 13.5. The van der Waals surface area contributed by atoms with Crippen LogP contribution in [0.25, 0.3) is 0 Å². The molecule has 2 amide bonds. The van der Waals surface area contributed by atoms with E-state index < -0.39 is 5.41 Å². The highest BCUT2D eigenvalue weighted by Crippen LogP contribution is 2.57. The van der Waals surface area contributed by atoms with Gasteiger partial charge in [-0.25, -0.2) is 0 Å². The van der Waals surface area contributed by atoms with Crippen LogP contribution >= 0.6 is 0 Å². The molecule has 1 fully saturated rings. The number of nitrogens with zero attached hydrogens (tertiary/aromatic N) is 2. The summed E-state index contributed by atoms with van der Waals surface area (Å²) in [7, 11) is 1.82. The highest BCUT2D eigenvalue weighted by molar-refractivity contribution is 6.12. The van der Waals surface area contributed by atoms with Crippen LogP contribution in [0.15, 0.2) is 48.5 Å². The number of anilines is 1. The van der Waals surface area contributed by atoms with E-state index >= 15 is 0 Å². The van der Waals surface area contributed by atoms with Crippen molar-refractivity contribution in [3.05, 3.63) is 65.2 Å². The van der Waals surface area contributed by atoms with Gasteiger partial charge in [0.1, 0.15) is 5.41 Å². The number of benzene rings is 2. The molecule has 120 valence electrons. The molecule has 0 unspecified atom stereocenters. The quantitative estimate of drug-likeness (QED) is 0.748. The minimum absolute atomic E-state index is 0.0428. The van der Waals surface area contributed by atoms with Gasteiger partial charge in [0, 0.05) is 25.7 Å². The Morgan fingerprint density at radius 3 is 2.67 bits per heavy atom. The minimum atomic E-state index is -0.779. The van der Waals surface area contributed by atoms with Gasteiger partial charge in [-0.15, -0.1) is 0 Å². The van der Waals surface area contributed by atoms with E-state index in [-0.39, 0.29) is 24.3 Å². The molecule has 0 aromatic heterocycles. The number of rotatable bonds is 0. The second kappa shape index (κ2) is 4.47. The molecule has 3 aliphatic rings. The number of amides is 2. The molecule has 1 saturated heterocycles. The standard InChI is InChI=1S/C20H18N2O2/c1-21-16-9-5-4-8-15(16)20(19(21)24)12-17(23)22-11-10-13-6-2-3-7-14(13)18(20)22/h2-9,18H,10-12H2,1H3/t18-,20+/m0/s1. The fraction of sp³-hybridized carbons (Fsp3) is 0.300. The maximum absolute atomic E-state index is 13.3. The molecule has 5 rings (SSSR count). The van der Waals surface area contributed by atoms with Crippen LogP contribution in [-0.2, 0) is 21.4 Å². The van der Waals surface area contributed by atoms with Crippen LogP contribution in [0.4, 0.5) is 5.69 Å². The van der Waals surface area contributed by atoms with Crippen molar-refractivity contribution < 1.29 is 9.59 Å². The van der Waals surface area contributed by atoms with E-state index in [1.165, 1.54) is 5.56 Å². The maximum atomic E-state index is 13.3. The number of carbonyl (C=O) groups excluding carboxylic acids is 2. The van der Waals surface area contributed by atoms with Gasteiger partial charge in [-0.3, -0.25) is 9.59 Å². The molecule has 2 atom stereocenters. The fourth-order valence-electron chi connectivity index (χ4n) is 4.91. The Morgan fingerprint density at radius 1 is 1.04 bits per heavy atom. The van der Waals surface area contributed by atoms with Crippen molar-refractivity contribution >= 4 is 17.5 Å². The number of hydrogen-bond donors (Lipinski definition) is 0. The predicted molar refractivity (Wildman–Crippen MR) is 90.7 cm³/mol. The molecule has 3 heterocycles. The Balaban J connectivity index is 1.81. The molecule has 2 aromatic carbocycles. The van der Waals surface area contributed by atoms with E-state index in [9.17, 15) is 9.59 Å². The molecular formula is C20H18N2O2. The first-order valence-corrected chi connectivity index (χ1v) is 8.39. The number of fused-ring (bicyclic) bond motifs is 6. The monoisotopic (exact) mass is 318 g/mol. The summed E-state index contributed by atoms with van der Waals surface area (Å²) in [6, 6.07) is 16.0. The molecule has 0 bridgehead atoms. The maximum Gasteiger partial charge on any atom is 0.240 e. The largest absolute Gasteiger partial charge is 0.334 e. The van der Waals surface area contributed by atoms with Crippen LogP contribution in [0.5, 0.6) is 0 Å². The Hall–Kier alpha value is -2.62. The first-order valence-electron chi connectivity index (χ1n) is 8.39. The molecule has 2 aromatic rings. The van der Waals surface area contributed by atoms with Crippen LogP contribution in [0.2, 0.25) is 0 Å². The van der Waals surface area contributed by atoms with E-state index in [0.29, 0.717) is 6.54 Å². The van der Waals surface area contributed by atoms with Crippen molar-refractivity contribution in [2.45, 2.75) is 24.3 Å². The Labute approximate surface area is 140 Å². The zero-order valence-corrected chi connectivity index (χ0v) is 13.5. The molecule has 0 aliphatic carbocycles. The van der Waals surface area contributed by atoms with Gasteiger partial charge in [0.25, 0.3) is 0 Å². The lowest BCUT2D eigenvalue weighted by Crippen LogP contribution is -2.45. The van der Waals surface area contributed by atoms with Crippen LogP contribution < -0.4 is 4.90 Å². The number of para-hydroxylation sites is 1. The molecule has 24 heavy (non-hydrogen) atoms. The fourth-order valence-corrected chi connectivity index (χ4v) is 4.91. The van der Waals surface area contributed by atoms with Gasteiger partial charge >= 0.3 is 0 Å². The summed E-state index contributed by atoms with van der Waals surface area (Å²) in [5, 5.41) is 0. The van der Waals surface area contributed by atoms with E-state index in [1.807, 2.05) is 48.3 Å². The van der Waals surface area contributed by atoms with Gasteiger partial charge in [-0.1, -0.05) is 42.5 Å². The Bertz CT molecular complexity index is 891. The van der Waals surface area contributed by atoms with Crippen molar-refractivity contribution in [2.75, 3.05) is 18.5 Å². The summed E-state index contributed by atoms with van der Waals surface area (Å²) in [6.07, 6.45) is 1.13. The molecule has 0 N–H and O–H groups in total. The molecule has 0 radical (unpaired) electrons. The van der Waals surface area contributed by atoms with E-state index in [2.05, 4.69) is 12.1 Å². The third kappa shape index (κ3) is 1.44. The summed E-state index contributed by atoms with van der Waals surface area (Å²) in [6.45, 7) is 0.696. The molecule has 4 nitrogen and oxygen atoms in total. The van der Waals surface area contributed by atoms with Gasteiger partial charge in [-0.2, -0.15) is 0 Å². The number of hydrogen-bond acceptors (Lipinski definition) is 2. The van der Waals surface area contributed by atoms with Crippen LogP contribution in [0, 0.1) is 0 Å². The van der Waals surface area contributed by atoms with Gasteiger partial charge in [0.2, 0.25) is 11.8 Å². The van der Waals surface area contributed by atoms with Crippen LogP contribution in [0.3, 0.4) is 0 Å². The highest BCUT2D eigenvalue weighted by atomic mass is 16.2. The topological polar surface area (TPSA) is 40.6 Å². The highest BCUT2D eigenvalue weighted by Gasteiger charge is 2.63. The van der Waals surface area contributed by atoms with Crippen molar-refractivity contribution in [2.24, 2.45) is 0 Å². The summed E-state index contributed by atoms with van der Waals surface area (Å²) < 4.78 is 0. The van der Waals surface area contributed by atoms with Crippen LogP contribution in [0.1, 0.15) is 29.2 Å². The number of carbonyl (C=O) groups is 2. The first kappa shape index (κ1) is 13.8. The molecular weight excluding hydrogens is 300 g/mol. The van der Waals surface area contributed by atoms with Crippen molar-refractivity contribution in [1.82, 2.24) is 4.90 Å². The van der Waals surface area contributed by atoms with E-state index in [4.69, 9.17) is 0 Å². The molecule has 4 heteroatoms. The summed E-state index contributed by atoms with van der Waals surface area (Å²) in [5.74, 6) is 0.134. The third-order valence-electron chi connectivity index (χ3n) is 5.93. The van der Waals surface area contributed by atoms with Gasteiger partial charge in [0.15, 0.2) is 0 Å². The summed E-state index contributed by atoms with van der Waals surface area (Å²) in [4.78, 5) is 29.8. The van der Waals surface area contributed by atoms with Crippen molar-refractivity contribution in [1.29, 1.82) is 0 Å². The predicted octanol–water partition coefficient (Wildman–Crippen LogP) is 2.43. The smallest absolute Gasteiger partial charge is 0.240 e. The lowest BCUT2D eigenvalue weighted by atomic mass is 9.71. The average Bonchev–Trinajstić information content (AvgIpc) is 3.04. The Kier molecular flexibility index (Phi) is 2.57. The summed E-state index contributed by atoms with van der Waals surface area (Å²) >= 11 is 0. The molecule has 3 aliphatic heterocycles. The SMILES string of the molecule is CN1C(=O)[C@]2(CC(=O)N3CCc4ccccc4[C@H]32)c2ccccc21. The van der Waals surface area contributed by atoms with Gasteiger partial charge in [-0.05, 0) is 29.2 Å². The second-order valence-corrected chi connectivity index (χ2v) is 6.97. The minimum Gasteiger partial charge on any atom is -0.334 e. The van der Waals surface area contributed by atoms with Gasteiger partial charge < -0.3 is 9.80 Å². The normalized spacial score (nSPS) is 27.5. The summed E-state index contributed by atoms with van der Waals surface area (Å²) in [5.41, 5.74) is 3.54. The lowest BCUT2D eigenvalue weighted by molar-refractivity contribution is -0.129. The molecule has 1 spiro atoms. The Morgan fingerprint density at radius 2 is 1.79 bits per heavy atom.